The number of carbonyl (C=O) groups excluding carboxylic acids is 1. The molecule has 3 heterocycles. The minimum Gasteiger partial charge on any atom is -0.453 e. The first-order chi connectivity index (χ1) is 29.6. The fraction of sp³-hybridized carbons (Fsp3) is 0.208. The summed E-state index contributed by atoms with van der Waals surface area (Å²) in [6.07, 6.45) is 0. The van der Waals surface area contributed by atoms with E-state index in [0.717, 1.165) is 38.9 Å². The standard InChI is InChI=1S/C48H44N6O7/c1-5-58-31-41-49-43(47(3,4)57)42(45(55)59-30-40-32(2)60-46(56)61-40)53(41)29-33-25-27-34(28-26-33)38-23-15-16-24-39(38)44-50-51-52-54(44)48(35-17-9-6-10-18-35,36-19-11-7-12-20-36)37-21-13-8-14-22-37/h6-28,57H,5,29-31H2,1-4H3. The topological polar surface area (TPSA) is 161 Å². The molecule has 0 aliphatic heterocycles. The SMILES string of the molecule is CCOCc1nc(C(C)(C)O)c(C(=O)OCc2oc(=O)oc2C)n1Cc1ccc(-c2ccccc2-c2nnnn2C(c2ccccc2)(c2ccccc2)c2ccccc2)cc1. The Morgan fingerprint density at radius 1 is 0.754 bits per heavy atom. The van der Waals surface area contributed by atoms with Crippen LogP contribution >= 0.6 is 0 Å². The van der Waals surface area contributed by atoms with Crippen molar-refractivity contribution in [3.8, 4) is 22.5 Å². The average molecular weight is 817 g/mol. The molecule has 8 rings (SSSR count). The quantitative estimate of drug-likeness (QED) is 0.0787. The molecule has 0 spiro atoms. The number of aromatic nitrogens is 6. The zero-order valence-corrected chi connectivity index (χ0v) is 34.2. The summed E-state index contributed by atoms with van der Waals surface area (Å²) in [7, 11) is 0. The van der Waals surface area contributed by atoms with E-state index in [4.69, 9.17) is 28.6 Å². The van der Waals surface area contributed by atoms with Crippen molar-refractivity contribution in [1.82, 2.24) is 29.8 Å². The van der Waals surface area contributed by atoms with Crippen LogP contribution in [0.2, 0.25) is 0 Å². The number of ether oxygens (including phenoxy) is 2. The van der Waals surface area contributed by atoms with E-state index in [9.17, 15) is 14.7 Å². The largest absolute Gasteiger partial charge is 0.519 e. The van der Waals surface area contributed by atoms with Gasteiger partial charge in [0.05, 0.1) is 0 Å². The van der Waals surface area contributed by atoms with Crippen molar-refractivity contribution in [2.45, 2.75) is 58.6 Å². The zero-order valence-electron chi connectivity index (χ0n) is 34.2. The van der Waals surface area contributed by atoms with Gasteiger partial charge < -0.3 is 28.0 Å². The molecular weight excluding hydrogens is 773 g/mol. The lowest BCUT2D eigenvalue weighted by molar-refractivity contribution is 0.0395. The molecule has 0 saturated carbocycles. The van der Waals surface area contributed by atoms with Gasteiger partial charge in [0.1, 0.15) is 29.3 Å². The molecule has 1 N–H and O–H groups in total. The first-order valence-electron chi connectivity index (χ1n) is 19.9. The summed E-state index contributed by atoms with van der Waals surface area (Å²) in [6.45, 7) is 6.83. The highest BCUT2D eigenvalue weighted by Crippen LogP contribution is 2.43. The summed E-state index contributed by atoms with van der Waals surface area (Å²) in [5.74, 6) is -0.378. The van der Waals surface area contributed by atoms with Crippen LogP contribution in [-0.4, -0.2) is 47.4 Å². The molecule has 0 atom stereocenters. The van der Waals surface area contributed by atoms with Gasteiger partial charge in [-0.1, -0.05) is 140 Å². The smallest absolute Gasteiger partial charge is 0.453 e. The molecule has 0 radical (unpaired) electrons. The number of hydrogen-bond acceptors (Lipinski definition) is 11. The molecule has 61 heavy (non-hydrogen) atoms. The Balaban J connectivity index is 1.19. The minimum atomic E-state index is -1.51. The van der Waals surface area contributed by atoms with Crippen LogP contribution in [0.5, 0.6) is 0 Å². The van der Waals surface area contributed by atoms with Crippen molar-refractivity contribution in [1.29, 1.82) is 0 Å². The molecule has 8 aromatic rings. The first kappa shape index (κ1) is 40.6. The number of imidazole rings is 1. The van der Waals surface area contributed by atoms with Crippen LogP contribution in [-0.2, 0) is 40.4 Å². The van der Waals surface area contributed by atoms with E-state index in [0.29, 0.717) is 18.3 Å². The van der Waals surface area contributed by atoms with Crippen LogP contribution in [0.4, 0.5) is 0 Å². The number of nitrogens with zero attached hydrogens (tertiary/aromatic N) is 6. The lowest BCUT2D eigenvalue weighted by Crippen LogP contribution is -2.39. The van der Waals surface area contributed by atoms with Gasteiger partial charge in [0.2, 0.25) is 0 Å². The van der Waals surface area contributed by atoms with Crippen LogP contribution in [0.25, 0.3) is 22.5 Å². The second-order valence-electron chi connectivity index (χ2n) is 15.0. The van der Waals surface area contributed by atoms with Gasteiger partial charge in [0.15, 0.2) is 29.6 Å². The van der Waals surface area contributed by atoms with Crippen LogP contribution in [0.15, 0.2) is 153 Å². The van der Waals surface area contributed by atoms with Gasteiger partial charge in [0.25, 0.3) is 0 Å². The number of tetrazole rings is 1. The van der Waals surface area contributed by atoms with Gasteiger partial charge in [-0.25, -0.2) is 19.3 Å². The Labute approximate surface area is 351 Å². The van der Waals surface area contributed by atoms with Crippen molar-refractivity contribution >= 4 is 5.97 Å². The number of benzene rings is 5. The van der Waals surface area contributed by atoms with Gasteiger partial charge in [0, 0.05) is 18.7 Å². The summed E-state index contributed by atoms with van der Waals surface area (Å²) >= 11 is 0. The molecule has 13 nitrogen and oxygen atoms in total. The van der Waals surface area contributed by atoms with E-state index in [1.807, 2.05) is 115 Å². The normalized spacial score (nSPS) is 11.8. The fourth-order valence-corrected chi connectivity index (χ4v) is 7.70. The highest BCUT2D eigenvalue weighted by molar-refractivity contribution is 5.89. The summed E-state index contributed by atoms with van der Waals surface area (Å²) < 4.78 is 25.0. The van der Waals surface area contributed by atoms with Crippen LogP contribution in [0.3, 0.4) is 0 Å². The highest BCUT2D eigenvalue weighted by atomic mass is 16.6. The van der Waals surface area contributed by atoms with Crippen molar-refractivity contribution < 1.29 is 28.2 Å². The molecule has 0 amide bonds. The Morgan fingerprint density at radius 3 is 1.87 bits per heavy atom. The van der Waals surface area contributed by atoms with E-state index in [2.05, 4.69) is 46.6 Å². The molecule has 3 aromatic heterocycles. The molecule has 0 aliphatic carbocycles. The lowest BCUT2D eigenvalue weighted by Gasteiger charge is -2.36. The zero-order chi connectivity index (χ0) is 42.6. The van der Waals surface area contributed by atoms with Crippen LogP contribution in [0, 0.1) is 6.92 Å². The van der Waals surface area contributed by atoms with Gasteiger partial charge in [-0.05, 0) is 71.5 Å². The maximum Gasteiger partial charge on any atom is 0.519 e. The predicted octanol–water partition coefficient (Wildman–Crippen LogP) is 8.07. The molecule has 0 saturated heterocycles. The van der Waals surface area contributed by atoms with Gasteiger partial charge in [-0.3, -0.25) is 0 Å². The minimum absolute atomic E-state index is 0.0469. The molecule has 308 valence electrons. The number of carbonyl (C=O) groups is 1. The van der Waals surface area contributed by atoms with E-state index in [1.54, 1.807) is 18.4 Å². The van der Waals surface area contributed by atoms with Crippen molar-refractivity contribution in [2.75, 3.05) is 6.61 Å². The van der Waals surface area contributed by atoms with Gasteiger partial charge in [-0.15, -0.1) is 5.10 Å². The second kappa shape index (κ2) is 17.2. The monoisotopic (exact) mass is 816 g/mol. The molecule has 13 heteroatoms. The number of aliphatic hydroxyl groups is 1. The van der Waals surface area contributed by atoms with Gasteiger partial charge >= 0.3 is 11.8 Å². The summed E-state index contributed by atoms with van der Waals surface area (Å²) in [4.78, 5) is 30.2. The van der Waals surface area contributed by atoms with E-state index < -0.39 is 22.9 Å². The van der Waals surface area contributed by atoms with E-state index >= 15 is 0 Å². The molecule has 0 unspecified atom stereocenters. The maximum absolute atomic E-state index is 13.9. The molecule has 0 fully saturated rings. The Morgan fingerprint density at radius 2 is 1.33 bits per heavy atom. The third-order valence-electron chi connectivity index (χ3n) is 10.6. The first-order valence-corrected chi connectivity index (χ1v) is 19.9. The Bertz CT molecular complexity index is 2710. The highest BCUT2D eigenvalue weighted by Gasteiger charge is 2.42. The summed E-state index contributed by atoms with van der Waals surface area (Å²) in [5, 5.41) is 25.0. The molecular formula is C48H44N6O7. The van der Waals surface area contributed by atoms with E-state index in [1.165, 1.54) is 6.92 Å². The lowest BCUT2D eigenvalue weighted by atomic mass is 9.77. The number of esters is 1. The van der Waals surface area contributed by atoms with Gasteiger partial charge in [-0.2, -0.15) is 0 Å². The summed E-state index contributed by atoms with van der Waals surface area (Å²) in [6, 6.07) is 46.8. The van der Waals surface area contributed by atoms with E-state index in [-0.39, 0.29) is 42.7 Å². The van der Waals surface area contributed by atoms with Crippen molar-refractivity contribution in [2.24, 2.45) is 0 Å². The summed E-state index contributed by atoms with van der Waals surface area (Å²) in [5.41, 5.74) is 4.17. The predicted molar refractivity (Wildman–Crippen MR) is 226 cm³/mol. The Kier molecular flexibility index (Phi) is 11.4. The Hall–Kier alpha value is -7.22. The number of rotatable bonds is 15. The second-order valence-corrected chi connectivity index (χ2v) is 15.0. The molecule has 0 bridgehead atoms. The number of aryl methyl sites for hydroxylation is 1. The van der Waals surface area contributed by atoms with Crippen LogP contribution < -0.4 is 5.82 Å². The van der Waals surface area contributed by atoms with Crippen molar-refractivity contribution in [3.63, 3.8) is 0 Å². The maximum atomic E-state index is 13.9. The third kappa shape index (κ3) is 7.96. The molecule has 5 aromatic carbocycles. The number of hydrogen-bond donors (Lipinski definition) is 1. The molecule has 0 aliphatic rings. The average Bonchev–Trinajstić information content (AvgIpc) is 4.00. The third-order valence-corrected chi connectivity index (χ3v) is 10.6. The fourth-order valence-electron chi connectivity index (χ4n) is 7.70. The van der Waals surface area contributed by atoms with Crippen molar-refractivity contribution in [3.05, 3.63) is 201 Å². The van der Waals surface area contributed by atoms with Crippen LogP contribution in [0.1, 0.15) is 76.6 Å².